The van der Waals surface area contributed by atoms with Crippen molar-refractivity contribution in [2.24, 2.45) is 0 Å². The van der Waals surface area contributed by atoms with Gasteiger partial charge in [-0.3, -0.25) is 0 Å². The molecule has 19 heavy (non-hydrogen) atoms. The standard InChI is InChI=1S/C15H15BrClNO/c1-2-10-8-12(16)6-7-14(10)18-9-11-4-3-5-13(17)15(11)19/h3-8,18-19H,2,9H2,1H3. The van der Waals surface area contributed by atoms with Gasteiger partial charge < -0.3 is 10.4 Å². The second-order valence-corrected chi connectivity index (χ2v) is 5.58. The lowest BCUT2D eigenvalue weighted by atomic mass is 10.1. The Balaban J connectivity index is 2.17. The van der Waals surface area contributed by atoms with Crippen molar-refractivity contribution in [3.63, 3.8) is 0 Å². The van der Waals surface area contributed by atoms with Crippen LogP contribution in [0, 0.1) is 0 Å². The van der Waals surface area contributed by atoms with Crippen LogP contribution in [0.5, 0.6) is 5.75 Å². The van der Waals surface area contributed by atoms with E-state index in [2.05, 4.69) is 34.2 Å². The van der Waals surface area contributed by atoms with Crippen molar-refractivity contribution in [2.75, 3.05) is 5.32 Å². The zero-order chi connectivity index (χ0) is 13.8. The second-order valence-electron chi connectivity index (χ2n) is 4.26. The monoisotopic (exact) mass is 339 g/mol. The minimum Gasteiger partial charge on any atom is -0.506 e. The molecular weight excluding hydrogens is 326 g/mol. The van der Waals surface area contributed by atoms with Crippen LogP contribution in [0.3, 0.4) is 0 Å². The maximum absolute atomic E-state index is 9.87. The fourth-order valence-corrected chi connectivity index (χ4v) is 2.52. The van der Waals surface area contributed by atoms with Crippen LogP contribution in [0.4, 0.5) is 5.69 Å². The number of anilines is 1. The molecule has 100 valence electrons. The molecule has 0 aliphatic rings. The van der Waals surface area contributed by atoms with Crippen molar-refractivity contribution in [3.8, 4) is 5.75 Å². The first kappa shape index (κ1) is 14.2. The van der Waals surface area contributed by atoms with Crippen LogP contribution in [0.2, 0.25) is 5.02 Å². The molecule has 2 aromatic carbocycles. The molecule has 0 saturated carbocycles. The first-order valence-electron chi connectivity index (χ1n) is 6.10. The summed E-state index contributed by atoms with van der Waals surface area (Å²) in [6, 6.07) is 11.5. The van der Waals surface area contributed by atoms with Crippen LogP contribution in [0.25, 0.3) is 0 Å². The van der Waals surface area contributed by atoms with E-state index in [9.17, 15) is 5.11 Å². The number of hydrogen-bond donors (Lipinski definition) is 2. The molecule has 2 N–H and O–H groups in total. The molecule has 0 atom stereocenters. The van der Waals surface area contributed by atoms with Crippen molar-refractivity contribution >= 4 is 33.2 Å². The molecule has 0 saturated heterocycles. The second kappa shape index (κ2) is 6.31. The smallest absolute Gasteiger partial charge is 0.139 e. The van der Waals surface area contributed by atoms with Gasteiger partial charge in [0.25, 0.3) is 0 Å². The maximum atomic E-state index is 9.87. The van der Waals surface area contributed by atoms with Crippen molar-refractivity contribution in [1.29, 1.82) is 0 Å². The summed E-state index contributed by atoms with van der Waals surface area (Å²) in [5, 5.41) is 13.6. The number of phenols is 1. The zero-order valence-corrected chi connectivity index (χ0v) is 12.9. The summed E-state index contributed by atoms with van der Waals surface area (Å²) in [6.45, 7) is 2.66. The predicted octanol–water partition coefficient (Wildman–Crippen LogP) is 4.98. The Hall–Kier alpha value is -1.19. The van der Waals surface area contributed by atoms with E-state index in [0.29, 0.717) is 11.6 Å². The van der Waals surface area contributed by atoms with Crippen LogP contribution >= 0.6 is 27.5 Å². The first-order valence-corrected chi connectivity index (χ1v) is 7.27. The molecule has 0 unspecified atom stereocenters. The molecule has 0 bridgehead atoms. The Morgan fingerprint density at radius 1 is 1.21 bits per heavy atom. The van der Waals surface area contributed by atoms with Gasteiger partial charge in [-0.2, -0.15) is 0 Å². The van der Waals surface area contributed by atoms with E-state index in [-0.39, 0.29) is 5.75 Å². The number of rotatable bonds is 4. The van der Waals surface area contributed by atoms with Gasteiger partial charge in [0.2, 0.25) is 0 Å². The van der Waals surface area contributed by atoms with Crippen LogP contribution in [0.15, 0.2) is 40.9 Å². The Morgan fingerprint density at radius 3 is 2.74 bits per heavy atom. The highest BCUT2D eigenvalue weighted by atomic mass is 79.9. The first-order chi connectivity index (χ1) is 9.11. The van der Waals surface area contributed by atoms with Gasteiger partial charge in [-0.1, -0.05) is 46.6 Å². The van der Waals surface area contributed by atoms with Crippen molar-refractivity contribution < 1.29 is 5.11 Å². The van der Waals surface area contributed by atoms with Gasteiger partial charge in [-0.05, 0) is 36.2 Å². The molecule has 0 aliphatic heterocycles. The number of aromatic hydroxyl groups is 1. The topological polar surface area (TPSA) is 32.3 Å². The van der Waals surface area contributed by atoms with Crippen molar-refractivity contribution in [1.82, 2.24) is 0 Å². The molecule has 0 spiro atoms. The van der Waals surface area contributed by atoms with Crippen LogP contribution in [0.1, 0.15) is 18.1 Å². The van der Waals surface area contributed by atoms with E-state index in [4.69, 9.17) is 11.6 Å². The number of benzene rings is 2. The summed E-state index contributed by atoms with van der Waals surface area (Å²) < 4.78 is 1.07. The fourth-order valence-electron chi connectivity index (χ4n) is 1.92. The Morgan fingerprint density at radius 2 is 2.00 bits per heavy atom. The van der Waals surface area contributed by atoms with Gasteiger partial charge in [0, 0.05) is 22.3 Å². The van der Waals surface area contributed by atoms with E-state index in [0.717, 1.165) is 22.1 Å². The fraction of sp³-hybridized carbons (Fsp3) is 0.200. The lowest BCUT2D eigenvalue weighted by Gasteiger charge is -2.12. The molecule has 2 nitrogen and oxygen atoms in total. The molecule has 0 aromatic heterocycles. The van der Waals surface area contributed by atoms with Gasteiger partial charge in [-0.15, -0.1) is 0 Å². The predicted molar refractivity (Wildman–Crippen MR) is 84.0 cm³/mol. The molecule has 0 radical (unpaired) electrons. The lowest BCUT2D eigenvalue weighted by molar-refractivity contribution is 0.469. The molecule has 4 heteroatoms. The minimum absolute atomic E-state index is 0.145. The van der Waals surface area contributed by atoms with Gasteiger partial charge in [0.1, 0.15) is 5.75 Å². The molecule has 2 aromatic rings. The molecule has 0 fully saturated rings. The van der Waals surface area contributed by atoms with E-state index in [1.54, 1.807) is 6.07 Å². The summed E-state index contributed by atoms with van der Waals surface area (Å²) in [7, 11) is 0. The van der Waals surface area contributed by atoms with Gasteiger partial charge in [0.15, 0.2) is 0 Å². The molecule has 2 rings (SSSR count). The number of halogens is 2. The van der Waals surface area contributed by atoms with E-state index < -0.39 is 0 Å². The van der Waals surface area contributed by atoms with E-state index in [1.165, 1.54) is 5.56 Å². The number of phenolic OH excluding ortho intramolecular Hbond substituents is 1. The highest BCUT2D eigenvalue weighted by molar-refractivity contribution is 9.10. The molecular formula is C15H15BrClNO. The average molecular weight is 341 g/mol. The quantitative estimate of drug-likeness (QED) is 0.822. The summed E-state index contributed by atoms with van der Waals surface area (Å²) in [6.07, 6.45) is 0.948. The molecule has 0 amide bonds. The third-order valence-electron chi connectivity index (χ3n) is 2.99. The normalized spacial score (nSPS) is 10.5. The third kappa shape index (κ3) is 3.43. The van der Waals surface area contributed by atoms with Crippen LogP contribution < -0.4 is 5.32 Å². The largest absolute Gasteiger partial charge is 0.506 e. The highest BCUT2D eigenvalue weighted by Gasteiger charge is 2.06. The van der Waals surface area contributed by atoms with E-state index in [1.807, 2.05) is 24.3 Å². The number of hydrogen-bond acceptors (Lipinski definition) is 2. The summed E-state index contributed by atoms with van der Waals surface area (Å²) in [4.78, 5) is 0. The van der Waals surface area contributed by atoms with Crippen molar-refractivity contribution in [2.45, 2.75) is 19.9 Å². The Labute approximate surface area is 126 Å². The number of nitrogens with one attached hydrogen (secondary N) is 1. The minimum atomic E-state index is 0.145. The molecule has 0 heterocycles. The highest BCUT2D eigenvalue weighted by Crippen LogP contribution is 2.28. The SMILES string of the molecule is CCc1cc(Br)ccc1NCc1cccc(Cl)c1O. The Kier molecular flexibility index (Phi) is 4.72. The van der Waals surface area contributed by atoms with Crippen LogP contribution in [-0.2, 0) is 13.0 Å². The summed E-state index contributed by atoms with van der Waals surface area (Å²) in [5.74, 6) is 0.145. The van der Waals surface area contributed by atoms with E-state index >= 15 is 0 Å². The van der Waals surface area contributed by atoms with Crippen molar-refractivity contribution in [3.05, 3.63) is 57.0 Å². The summed E-state index contributed by atoms with van der Waals surface area (Å²) >= 11 is 9.36. The Bertz CT molecular complexity index is 586. The summed E-state index contributed by atoms with van der Waals surface area (Å²) in [5.41, 5.74) is 3.10. The van der Waals surface area contributed by atoms with Gasteiger partial charge in [-0.25, -0.2) is 0 Å². The average Bonchev–Trinajstić information content (AvgIpc) is 2.41. The third-order valence-corrected chi connectivity index (χ3v) is 3.79. The maximum Gasteiger partial charge on any atom is 0.139 e. The number of para-hydroxylation sites is 1. The zero-order valence-electron chi connectivity index (χ0n) is 10.6. The lowest BCUT2D eigenvalue weighted by Crippen LogP contribution is -2.02. The van der Waals surface area contributed by atoms with Gasteiger partial charge >= 0.3 is 0 Å². The van der Waals surface area contributed by atoms with Crippen LogP contribution in [-0.4, -0.2) is 5.11 Å². The molecule has 0 aliphatic carbocycles. The number of aryl methyl sites for hydroxylation is 1. The van der Waals surface area contributed by atoms with Gasteiger partial charge in [0.05, 0.1) is 5.02 Å².